The van der Waals surface area contributed by atoms with Gasteiger partial charge in [-0.3, -0.25) is 0 Å². The Balaban J connectivity index is 1.18. The van der Waals surface area contributed by atoms with Crippen molar-refractivity contribution >= 4 is 28.8 Å². The largest absolute Gasteiger partial charge is 0.445 e. The summed E-state index contributed by atoms with van der Waals surface area (Å²) in [5.74, 6) is 0.269. The van der Waals surface area contributed by atoms with Gasteiger partial charge in [0.05, 0.1) is 11.2 Å². The lowest BCUT2D eigenvalue weighted by molar-refractivity contribution is 0.0204. The summed E-state index contributed by atoms with van der Waals surface area (Å²) in [6.07, 6.45) is 2.81. The molecule has 0 aliphatic carbocycles. The molecular weight excluding hydrogens is 494 g/mol. The first-order chi connectivity index (χ1) is 18.8. The van der Waals surface area contributed by atoms with Crippen LogP contribution in [0.15, 0.2) is 54.9 Å². The van der Waals surface area contributed by atoms with Gasteiger partial charge in [0.1, 0.15) is 18.5 Å². The van der Waals surface area contributed by atoms with Crippen LogP contribution in [0.4, 0.5) is 15.3 Å². The van der Waals surface area contributed by atoms with Gasteiger partial charge in [0.25, 0.3) is 0 Å². The number of anilines is 1. The van der Waals surface area contributed by atoms with E-state index < -0.39 is 5.60 Å². The summed E-state index contributed by atoms with van der Waals surface area (Å²) in [4.78, 5) is 40.0. The number of piperidine rings is 1. The number of benzene rings is 2. The molecule has 2 aromatic carbocycles. The van der Waals surface area contributed by atoms with Gasteiger partial charge >= 0.3 is 12.2 Å². The normalized spacial score (nSPS) is 16.8. The maximum absolute atomic E-state index is 12.5. The van der Waals surface area contributed by atoms with Gasteiger partial charge in [0.15, 0.2) is 0 Å². The van der Waals surface area contributed by atoms with Crippen molar-refractivity contribution in [1.82, 2.24) is 19.8 Å². The summed E-state index contributed by atoms with van der Waals surface area (Å²) >= 11 is 0. The number of hydrogen-bond acceptors (Lipinski definition) is 7. The zero-order chi connectivity index (χ0) is 27.4. The summed E-state index contributed by atoms with van der Waals surface area (Å²) in [5.41, 5.74) is 3.53. The molecule has 0 radical (unpaired) electrons. The Kier molecular flexibility index (Phi) is 7.86. The minimum Gasteiger partial charge on any atom is -0.445 e. The second-order valence-corrected chi connectivity index (χ2v) is 11.2. The molecule has 3 aromatic rings. The van der Waals surface area contributed by atoms with E-state index >= 15 is 0 Å². The molecule has 3 heterocycles. The Bertz CT molecular complexity index is 1290. The number of piperazine rings is 1. The van der Waals surface area contributed by atoms with Crippen molar-refractivity contribution in [3.63, 3.8) is 0 Å². The van der Waals surface area contributed by atoms with Crippen LogP contribution in [-0.4, -0.2) is 76.8 Å². The van der Waals surface area contributed by atoms with Gasteiger partial charge in [-0.2, -0.15) is 0 Å². The third kappa shape index (κ3) is 6.58. The van der Waals surface area contributed by atoms with Crippen molar-refractivity contribution < 1.29 is 19.1 Å². The number of carbonyl (C=O) groups excluding carboxylic acids is 2. The predicted molar refractivity (Wildman–Crippen MR) is 150 cm³/mol. The molecule has 9 heteroatoms. The highest BCUT2D eigenvalue weighted by atomic mass is 16.6. The van der Waals surface area contributed by atoms with Crippen LogP contribution < -0.4 is 4.90 Å². The van der Waals surface area contributed by atoms with Crippen LogP contribution in [0.3, 0.4) is 0 Å². The molecule has 0 N–H and O–H groups in total. The molecule has 2 aliphatic rings. The van der Waals surface area contributed by atoms with Crippen LogP contribution >= 0.6 is 0 Å². The van der Waals surface area contributed by atoms with E-state index in [2.05, 4.69) is 33.1 Å². The maximum atomic E-state index is 12.5. The molecule has 0 unspecified atom stereocenters. The number of rotatable bonds is 4. The predicted octanol–water partition coefficient (Wildman–Crippen LogP) is 5.20. The molecule has 9 nitrogen and oxygen atoms in total. The van der Waals surface area contributed by atoms with E-state index in [1.165, 1.54) is 0 Å². The number of fused-ring (bicyclic) bond motifs is 1. The summed E-state index contributed by atoms with van der Waals surface area (Å²) in [6, 6.07) is 16.1. The van der Waals surface area contributed by atoms with Gasteiger partial charge in [0.2, 0.25) is 0 Å². The van der Waals surface area contributed by atoms with Crippen molar-refractivity contribution in [2.45, 2.75) is 51.7 Å². The van der Waals surface area contributed by atoms with Crippen molar-refractivity contribution in [2.24, 2.45) is 0 Å². The fourth-order valence-electron chi connectivity index (χ4n) is 5.21. The van der Waals surface area contributed by atoms with Crippen molar-refractivity contribution in [3.8, 4) is 0 Å². The van der Waals surface area contributed by atoms with E-state index in [1.807, 2.05) is 51.1 Å². The lowest BCUT2D eigenvalue weighted by Crippen LogP contribution is -2.48. The molecule has 0 bridgehead atoms. The zero-order valence-corrected chi connectivity index (χ0v) is 23.0. The second-order valence-electron chi connectivity index (χ2n) is 11.2. The average Bonchev–Trinajstić information content (AvgIpc) is 2.95. The molecule has 206 valence electrons. The van der Waals surface area contributed by atoms with E-state index in [0.717, 1.165) is 53.8 Å². The van der Waals surface area contributed by atoms with Gasteiger partial charge in [-0.15, -0.1) is 0 Å². The number of hydrogen-bond donors (Lipinski definition) is 0. The first kappa shape index (κ1) is 26.7. The number of nitrogens with zero attached hydrogens (tertiary/aromatic N) is 5. The van der Waals surface area contributed by atoms with Crippen LogP contribution in [0.2, 0.25) is 0 Å². The van der Waals surface area contributed by atoms with Gasteiger partial charge in [-0.05, 0) is 57.4 Å². The standard InChI is InChI=1S/C30H37N5O4/c1-30(2,3)39-29(37)34-13-11-23(12-14-34)27-25-10-9-24(19-26(25)31-21-32-27)33-15-17-35(18-16-33)28(36)38-20-22-7-5-4-6-8-22/h4-10,19,21,23H,11-18,20H2,1-3H3. The van der Waals surface area contributed by atoms with Crippen LogP contribution in [0.1, 0.15) is 50.8 Å². The third-order valence-corrected chi connectivity index (χ3v) is 7.29. The highest BCUT2D eigenvalue weighted by Gasteiger charge is 2.29. The van der Waals surface area contributed by atoms with E-state index in [1.54, 1.807) is 16.1 Å². The number of aromatic nitrogens is 2. The number of ether oxygens (including phenoxy) is 2. The fraction of sp³-hybridized carbons (Fsp3) is 0.467. The highest BCUT2D eigenvalue weighted by molar-refractivity contribution is 5.85. The van der Waals surface area contributed by atoms with Crippen LogP contribution in [-0.2, 0) is 16.1 Å². The van der Waals surface area contributed by atoms with E-state index in [-0.39, 0.29) is 24.7 Å². The minimum absolute atomic E-state index is 0.248. The summed E-state index contributed by atoms with van der Waals surface area (Å²) in [7, 11) is 0. The monoisotopic (exact) mass is 531 g/mol. The maximum Gasteiger partial charge on any atom is 0.410 e. The molecule has 5 rings (SSSR count). The Morgan fingerprint density at radius 3 is 2.26 bits per heavy atom. The lowest BCUT2D eigenvalue weighted by Gasteiger charge is -2.35. The Labute approximate surface area is 229 Å². The molecule has 2 aliphatic heterocycles. The molecule has 2 saturated heterocycles. The van der Waals surface area contributed by atoms with Crippen LogP contribution in [0.5, 0.6) is 0 Å². The topological polar surface area (TPSA) is 88.1 Å². The fourth-order valence-corrected chi connectivity index (χ4v) is 5.21. The first-order valence-corrected chi connectivity index (χ1v) is 13.7. The minimum atomic E-state index is -0.493. The summed E-state index contributed by atoms with van der Waals surface area (Å²) < 4.78 is 11.0. The highest BCUT2D eigenvalue weighted by Crippen LogP contribution is 2.33. The molecule has 0 saturated carbocycles. The van der Waals surface area contributed by atoms with Crippen LogP contribution in [0.25, 0.3) is 10.9 Å². The van der Waals surface area contributed by atoms with E-state index in [9.17, 15) is 9.59 Å². The van der Waals surface area contributed by atoms with Gasteiger partial charge in [-0.25, -0.2) is 19.6 Å². The quantitative estimate of drug-likeness (QED) is 0.457. The number of carbonyl (C=O) groups is 2. The molecule has 2 fully saturated rings. The Morgan fingerprint density at radius 2 is 1.56 bits per heavy atom. The summed E-state index contributed by atoms with van der Waals surface area (Å²) in [6.45, 7) is 9.93. The van der Waals surface area contributed by atoms with E-state index in [4.69, 9.17) is 9.47 Å². The molecule has 1 aromatic heterocycles. The molecule has 0 spiro atoms. The van der Waals surface area contributed by atoms with Crippen molar-refractivity contribution in [3.05, 3.63) is 66.1 Å². The van der Waals surface area contributed by atoms with E-state index in [0.29, 0.717) is 26.2 Å². The third-order valence-electron chi connectivity index (χ3n) is 7.29. The Hall–Kier alpha value is -3.88. The average molecular weight is 532 g/mol. The number of amides is 2. The molecule has 0 atom stereocenters. The van der Waals surface area contributed by atoms with Crippen molar-refractivity contribution in [2.75, 3.05) is 44.2 Å². The first-order valence-electron chi connectivity index (χ1n) is 13.7. The second kappa shape index (κ2) is 11.5. The van der Waals surface area contributed by atoms with Crippen LogP contribution in [0, 0.1) is 0 Å². The molecule has 39 heavy (non-hydrogen) atoms. The molecule has 2 amide bonds. The smallest absolute Gasteiger partial charge is 0.410 e. The summed E-state index contributed by atoms with van der Waals surface area (Å²) in [5, 5.41) is 1.06. The SMILES string of the molecule is CC(C)(C)OC(=O)N1CCC(c2ncnc3cc(N4CCN(C(=O)OCc5ccccc5)CC4)ccc23)CC1. The van der Waals surface area contributed by atoms with Gasteiger partial charge in [0, 0.05) is 56.3 Å². The van der Waals surface area contributed by atoms with Gasteiger partial charge < -0.3 is 24.2 Å². The Morgan fingerprint density at radius 1 is 0.872 bits per heavy atom. The zero-order valence-electron chi connectivity index (χ0n) is 23.0. The number of likely N-dealkylation sites (tertiary alicyclic amines) is 1. The van der Waals surface area contributed by atoms with Gasteiger partial charge in [-0.1, -0.05) is 30.3 Å². The molecular formula is C30H37N5O4. The van der Waals surface area contributed by atoms with Crippen molar-refractivity contribution in [1.29, 1.82) is 0 Å². The lowest BCUT2D eigenvalue weighted by atomic mass is 9.91.